The lowest BCUT2D eigenvalue weighted by Crippen LogP contribution is -2.57. The average Bonchev–Trinajstić information content (AvgIpc) is 2.18. The van der Waals surface area contributed by atoms with Gasteiger partial charge in [0.1, 0.15) is 0 Å². The van der Waals surface area contributed by atoms with Gasteiger partial charge < -0.3 is 10.0 Å². The van der Waals surface area contributed by atoms with E-state index in [0.717, 1.165) is 19.5 Å². The van der Waals surface area contributed by atoms with Crippen LogP contribution in [0.2, 0.25) is 0 Å². The number of nitrogens with zero attached hydrogens (tertiary/aromatic N) is 2. The van der Waals surface area contributed by atoms with Crippen LogP contribution in [0, 0.1) is 0 Å². The Kier molecular flexibility index (Phi) is 4.67. The summed E-state index contributed by atoms with van der Waals surface area (Å²) in [5.41, 5.74) is 0. The van der Waals surface area contributed by atoms with Crippen molar-refractivity contribution in [3.63, 3.8) is 0 Å². The van der Waals surface area contributed by atoms with Crippen LogP contribution in [0.15, 0.2) is 0 Å². The highest BCUT2D eigenvalue weighted by Crippen LogP contribution is 2.15. The molecule has 4 nitrogen and oxygen atoms in total. The van der Waals surface area contributed by atoms with E-state index in [9.17, 15) is 4.79 Å². The lowest BCUT2D eigenvalue weighted by molar-refractivity contribution is 0.0440. The molecule has 1 fully saturated rings. The molecular formula is C10H19ClN2O2. The molecule has 0 aliphatic carbocycles. The van der Waals surface area contributed by atoms with E-state index in [0.29, 0.717) is 18.5 Å². The number of hydrogen-bond acceptors (Lipinski definition) is 2. The highest BCUT2D eigenvalue weighted by Gasteiger charge is 2.31. The van der Waals surface area contributed by atoms with E-state index in [4.69, 9.17) is 16.7 Å². The van der Waals surface area contributed by atoms with Crippen LogP contribution in [0.4, 0.5) is 4.79 Å². The maximum atomic E-state index is 10.9. The fourth-order valence-electron chi connectivity index (χ4n) is 2.04. The van der Waals surface area contributed by atoms with Gasteiger partial charge in [-0.1, -0.05) is 0 Å². The number of carbonyl (C=O) groups is 1. The largest absolute Gasteiger partial charge is 0.465 e. The quantitative estimate of drug-likeness (QED) is 0.756. The fourth-order valence-corrected chi connectivity index (χ4v) is 2.16. The zero-order valence-corrected chi connectivity index (χ0v) is 10.1. The summed E-state index contributed by atoms with van der Waals surface area (Å²) >= 11 is 5.65. The van der Waals surface area contributed by atoms with Crippen LogP contribution in [-0.4, -0.2) is 58.6 Å². The van der Waals surface area contributed by atoms with E-state index in [-0.39, 0.29) is 6.04 Å². The molecule has 0 radical (unpaired) electrons. The van der Waals surface area contributed by atoms with Crippen molar-refractivity contribution in [1.29, 1.82) is 0 Å². The summed E-state index contributed by atoms with van der Waals surface area (Å²) < 4.78 is 0. The van der Waals surface area contributed by atoms with E-state index in [1.807, 2.05) is 6.92 Å². The maximum absolute atomic E-state index is 10.9. The first-order valence-electron chi connectivity index (χ1n) is 5.35. The highest BCUT2D eigenvalue weighted by molar-refractivity contribution is 6.17. The molecule has 1 rings (SSSR count). The Morgan fingerprint density at radius 2 is 2.07 bits per heavy atom. The van der Waals surface area contributed by atoms with Crippen LogP contribution in [0.3, 0.4) is 0 Å². The first-order valence-corrected chi connectivity index (χ1v) is 5.89. The third-order valence-corrected chi connectivity index (χ3v) is 3.21. The summed E-state index contributed by atoms with van der Waals surface area (Å²) in [6, 6.07) is 0.370. The molecule has 0 saturated carbocycles. The molecule has 88 valence electrons. The molecule has 0 aromatic carbocycles. The molecule has 0 spiro atoms. The monoisotopic (exact) mass is 234 g/mol. The third kappa shape index (κ3) is 3.24. The second kappa shape index (κ2) is 5.56. The van der Waals surface area contributed by atoms with Crippen LogP contribution in [0.5, 0.6) is 0 Å². The van der Waals surface area contributed by atoms with Crippen molar-refractivity contribution in [2.24, 2.45) is 0 Å². The van der Waals surface area contributed by atoms with E-state index >= 15 is 0 Å². The van der Waals surface area contributed by atoms with Crippen molar-refractivity contribution in [2.45, 2.75) is 32.4 Å². The predicted molar refractivity (Wildman–Crippen MR) is 60.6 cm³/mol. The minimum absolute atomic E-state index is 0.0778. The van der Waals surface area contributed by atoms with Crippen LogP contribution < -0.4 is 0 Å². The third-order valence-electron chi connectivity index (χ3n) is 2.94. The van der Waals surface area contributed by atoms with Gasteiger partial charge in [0.25, 0.3) is 0 Å². The van der Waals surface area contributed by atoms with Gasteiger partial charge in [-0.3, -0.25) is 4.90 Å². The average molecular weight is 235 g/mol. The van der Waals surface area contributed by atoms with E-state index in [2.05, 4.69) is 11.8 Å². The molecule has 0 aromatic rings. The van der Waals surface area contributed by atoms with E-state index in [1.54, 1.807) is 0 Å². The van der Waals surface area contributed by atoms with Crippen molar-refractivity contribution >= 4 is 17.7 Å². The smallest absolute Gasteiger partial charge is 0.407 e. The molecule has 5 heteroatoms. The van der Waals surface area contributed by atoms with Crippen LogP contribution in [0.25, 0.3) is 0 Å². The second-order valence-electron chi connectivity index (χ2n) is 4.17. The number of piperazine rings is 1. The molecule has 0 aromatic heterocycles. The Morgan fingerprint density at radius 1 is 1.40 bits per heavy atom. The first-order chi connectivity index (χ1) is 7.06. The van der Waals surface area contributed by atoms with Gasteiger partial charge in [0.2, 0.25) is 0 Å². The molecule has 1 amide bonds. The Morgan fingerprint density at radius 3 is 2.60 bits per heavy atom. The molecule has 1 aliphatic rings. The normalized spacial score (nSPS) is 28.1. The van der Waals surface area contributed by atoms with Gasteiger partial charge in [0, 0.05) is 31.1 Å². The predicted octanol–water partition coefficient (Wildman–Crippen LogP) is 1.69. The fraction of sp³-hybridized carbons (Fsp3) is 0.900. The molecule has 1 saturated heterocycles. The molecule has 15 heavy (non-hydrogen) atoms. The van der Waals surface area contributed by atoms with Crippen LogP contribution >= 0.6 is 11.6 Å². The number of carboxylic acid groups (broad SMARTS) is 1. The molecule has 2 atom stereocenters. The molecular weight excluding hydrogens is 216 g/mol. The number of amides is 1. The maximum Gasteiger partial charge on any atom is 0.407 e. The summed E-state index contributed by atoms with van der Waals surface area (Å²) in [7, 11) is 0. The summed E-state index contributed by atoms with van der Waals surface area (Å²) in [6.45, 7) is 6.38. The molecule has 0 bridgehead atoms. The van der Waals surface area contributed by atoms with Gasteiger partial charge in [0.05, 0.1) is 0 Å². The van der Waals surface area contributed by atoms with Gasteiger partial charge in [-0.05, 0) is 26.8 Å². The molecule has 1 aliphatic heterocycles. The summed E-state index contributed by atoms with van der Waals surface area (Å²) in [5.74, 6) is 0.667. The zero-order chi connectivity index (χ0) is 11.4. The minimum atomic E-state index is -0.814. The van der Waals surface area contributed by atoms with Gasteiger partial charge in [-0.2, -0.15) is 0 Å². The summed E-state index contributed by atoms with van der Waals surface area (Å²) in [6.07, 6.45) is 0.150. The lowest BCUT2D eigenvalue weighted by Gasteiger charge is -2.42. The van der Waals surface area contributed by atoms with Gasteiger partial charge in [-0.25, -0.2) is 4.79 Å². The molecule has 1 heterocycles. The summed E-state index contributed by atoms with van der Waals surface area (Å²) in [4.78, 5) is 14.7. The van der Waals surface area contributed by atoms with E-state index in [1.165, 1.54) is 4.90 Å². The SMILES string of the molecule is C[C@@H]1CN(CCCCl)[C@@H](C)CN1C(=O)O. The molecule has 1 N–H and O–H groups in total. The van der Waals surface area contributed by atoms with Gasteiger partial charge in [-0.15, -0.1) is 11.6 Å². The topological polar surface area (TPSA) is 43.8 Å². The standard InChI is InChI=1S/C10H19ClN2O2/c1-8-7-13(10(14)15)9(2)6-12(8)5-3-4-11/h8-9H,3-7H2,1-2H3,(H,14,15)/t8-,9+/m0/s1. The second-order valence-corrected chi connectivity index (χ2v) is 4.55. The Labute approximate surface area is 95.8 Å². The number of rotatable bonds is 3. The lowest BCUT2D eigenvalue weighted by atomic mass is 10.1. The van der Waals surface area contributed by atoms with Crippen molar-refractivity contribution < 1.29 is 9.90 Å². The first kappa shape index (κ1) is 12.6. The van der Waals surface area contributed by atoms with E-state index < -0.39 is 6.09 Å². The van der Waals surface area contributed by atoms with Crippen LogP contribution in [-0.2, 0) is 0 Å². The van der Waals surface area contributed by atoms with Crippen LogP contribution in [0.1, 0.15) is 20.3 Å². The van der Waals surface area contributed by atoms with Gasteiger partial charge >= 0.3 is 6.09 Å². The minimum Gasteiger partial charge on any atom is -0.465 e. The van der Waals surface area contributed by atoms with Crippen molar-refractivity contribution in [2.75, 3.05) is 25.5 Å². The number of alkyl halides is 1. The Balaban J connectivity index is 2.50. The number of hydrogen-bond donors (Lipinski definition) is 1. The van der Waals surface area contributed by atoms with Crippen molar-refractivity contribution in [3.8, 4) is 0 Å². The zero-order valence-electron chi connectivity index (χ0n) is 9.32. The summed E-state index contributed by atoms with van der Waals surface area (Å²) in [5, 5.41) is 8.98. The van der Waals surface area contributed by atoms with Gasteiger partial charge in [0.15, 0.2) is 0 Å². The van der Waals surface area contributed by atoms with Crippen molar-refractivity contribution in [1.82, 2.24) is 9.80 Å². The Hall–Kier alpha value is -0.480. The Bertz CT molecular complexity index is 225. The molecule has 0 unspecified atom stereocenters. The highest BCUT2D eigenvalue weighted by atomic mass is 35.5. The van der Waals surface area contributed by atoms with Crippen molar-refractivity contribution in [3.05, 3.63) is 0 Å². The number of halogens is 1.